The van der Waals surface area contributed by atoms with E-state index in [1.54, 1.807) is 17.9 Å². The number of benzene rings is 1. The maximum Gasteiger partial charge on any atom is 0.263 e. The molecule has 1 aromatic carbocycles. The lowest BCUT2D eigenvalue weighted by Crippen LogP contribution is -2.29. The highest BCUT2D eigenvalue weighted by Gasteiger charge is 2.32. The fourth-order valence-electron chi connectivity index (χ4n) is 3.63. The Hall–Kier alpha value is -2.63. The number of aromatic nitrogens is 4. The third-order valence-corrected chi connectivity index (χ3v) is 5.04. The number of aromatic amines is 1. The van der Waals surface area contributed by atoms with Crippen LogP contribution in [-0.2, 0) is 12.5 Å². The van der Waals surface area contributed by atoms with Gasteiger partial charge in [0.1, 0.15) is 5.39 Å². The number of nitrogens with zero attached hydrogens (tertiary/aromatic N) is 3. The van der Waals surface area contributed by atoms with Crippen molar-refractivity contribution in [1.82, 2.24) is 19.7 Å². The zero-order valence-corrected chi connectivity index (χ0v) is 14.1. The Morgan fingerprint density at radius 3 is 2.96 bits per heavy atom. The van der Waals surface area contributed by atoms with E-state index in [1.165, 1.54) is 11.1 Å². The van der Waals surface area contributed by atoms with Crippen LogP contribution in [0.2, 0.25) is 0 Å². The smallest absolute Gasteiger partial charge is 0.263 e. The normalized spacial score (nSPS) is 19.2. The van der Waals surface area contributed by atoms with Crippen LogP contribution in [0.4, 0.5) is 5.95 Å². The van der Waals surface area contributed by atoms with E-state index < -0.39 is 0 Å². The molecule has 0 radical (unpaired) electrons. The van der Waals surface area contributed by atoms with Crippen LogP contribution >= 0.6 is 0 Å². The minimum atomic E-state index is -0.167. The number of fused-ring (bicyclic) bond motifs is 2. The Morgan fingerprint density at radius 1 is 1.33 bits per heavy atom. The monoisotopic (exact) mass is 323 g/mol. The molecule has 0 aliphatic heterocycles. The van der Waals surface area contributed by atoms with Gasteiger partial charge in [-0.25, -0.2) is 0 Å². The minimum absolute atomic E-state index is 0.142. The van der Waals surface area contributed by atoms with Gasteiger partial charge in [0.2, 0.25) is 5.95 Å². The lowest BCUT2D eigenvalue weighted by molar-refractivity contribution is 0.405. The summed E-state index contributed by atoms with van der Waals surface area (Å²) in [6, 6.07) is 8.65. The highest BCUT2D eigenvalue weighted by Crippen LogP contribution is 2.42. The molecule has 0 saturated heterocycles. The average molecular weight is 323 g/mol. The summed E-state index contributed by atoms with van der Waals surface area (Å²) >= 11 is 0. The van der Waals surface area contributed by atoms with Crippen LogP contribution in [0.25, 0.3) is 11.0 Å². The number of aryl methyl sites for hydroxylation is 1. The molecule has 3 aromatic rings. The first kappa shape index (κ1) is 14.9. The minimum Gasteiger partial charge on any atom is -0.349 e. The van der Waals surface area contributed by atoms with Gasteiger partial charge < -0.3 is 5.32 Å². The second kappa shape index (κ2) is 5.19. The van der Waals surface area contributed by atoms with Crippen molar-refractivity contribution in [3.63, 3.8) is 0 Å². The van der Waals surface area contributed by atoms with Crippen molar-refractivity contribution in [1.29, 1.82) is 0 Å². The van der Waals surface area contributed by atoms with Gasteiger partial charge in [0.15, 0.2) is 5.65 Å². The van der Waals surface area contributed by atoms with Crippen molar-refractivity contribution in [2.45, 2.75) is 38.1 Å². The molecule has 0 bridgehead atoms. The van der Waals surface area contributed by atoms with E-state index in [0.29, 0.717) is 17.0 Å². The average Bonchev–Trinajstić information content (AvgIpc) is 2.93. The van der Waals surface area contributed by atoms with Crippen molar-refractivity contribution < 1.29 is 0 Å². The number of nitrogens with one attached hydrogen (secondary N) is 2. The van der Waals surface area contributed by atoms with E-state index in [1.807, 2.05) is 0 Å². The maximum absolute atomic E-state index is 12.2. The second-order valence-corrected chi connectivity index (χ2v) is 7.13. The predicted molar refractivity (Wildman–Crippen MR) is 94.2 cm³/mol. The lowest BCUT2D eigenvalue weighted by Gasteiger charge is -2.37. The number of rotatable bonds is 2. The van der Waals surface area contributed by atoms with E-state index in [0.717, 1.165) is 12.8 Å². The summed E-state index contributed by atoms with van der Waals surface area (Å²) in [5.41, 5.74) is 3.23. The largest absolute Gasteiger partial charge is 0.349 e. The van der Waals surface area contributed by atoms with Crippen LogP contribution in [0.15, 0.2) is 35.3 Å². The van der Waals surface area contributed by atoms with Crippen LogP contribution in [-0.4, -0.2) is 19.7 Å². The van der Waals surface area contributed by atoms with Gasteiger partial charge in [-0.1, -0.05) is 38.1 Å². The molecular weight excluding hydrogens is 302 g/mol. The quantitative estimate of drug-likeness (QED) is 0.760. The van der Waals surface area contributed by atoms with E-state index in [-0.39, 0.29) is 17.0 Å². The van der Waals surface area contributed by atoms with Crippen molar-refractivity contribution in [3.8, 4) is 0 Å². The summed E-state index contributed by atoms with van der Waals surface area (Å²) in [6.45, 7) is 4.56. The second-order valence-electron chi connectivity index (χ2n) is 7.13. The summed E-state index contributed by atoms with van der Waals surface area (Å²) in [5.74, 6) is 0.496. The molecule has 4 rings (SSSR count). The highest BCUT2D eigenvalue weighted by atomic mass is 16.1. The van der Waals surface area contributed by atoms with Gasteiger partial charge in [-0.05, 0) is 29.4 Å². The van der Waals surface area contributed by atoms with Gasteiger partial charge in [-0.3, -0.25) is 14.5 Å². The molecule has 2 N–H and O–H groups in total. The van der Waals surface area contributed by atoms with Crippen LogP contribution < -0.4 is 10.9 Å². The zero-order valence-electron chi connectivity index (χ0n) is 14.1. The standard InChI is InChI=1S/C18H21N5O/c1-18(2)9-8-14(11-6-4-5-7-13(11)18)20-17-21-15-12(16(24)22-17)10-19-23(15)3/h4-7,10,14H,8-9H2,1-3H3,(H2,20,21,22,24)/t14-/m1/s1. The molecule has 0 amide bonds. The third-order valence-electron chi connectivity index (χ3n) is 5.04. The third kappa shape index (κ3) is 2.29. The van der Waals surface area contributed by atoms with Crippen LogP contribution in [0.3, 0.4) is 0 Å². The summed E-state index contributed by atoms with van der Waals surface area (Å²) in [6.07, 6.45) is 3.63. The first-order valence-corrected chi connectivity index (χ1v) is 8.24. The van der Waals surface area contributed by atoms with Crippen molar-refractivity contribution in [3.05, 3.63) is 51.9 Å². The van der Waals surface area contributed by atoms with Gasteiger partial charge >= 0.3 is 0 Å². The zero-order chi connectivity index (χ0) is 16.9. The molecule has 6 nitrogen and oxygen atoms in total. The summed E-state index contributed by atoms with van der Waals surface area (Å²) in [4.78, 5) is 19.6. The van der Waals surface area contributed by atoms with Gasteiger partial charge in [0.25, 0.3) is 5.56 Å². The Bertz CT molecular complexity index is 969. The molecule has 124 valence electrons. The predicted octanol–water partition coefficient (Wildman–Crippen LogP) is 2.88. The number of anilines is 1. The van der Waals surface area contributed by atoms with Crippen LogP contribution in [0.5, 0.6) is 0 Å². The van der Waals surface area contributed by atoms with Gasteiger partial charge in [-0.2, -0.15) is 10.1 Å². The summed E-state index contributed by atoms with van der Waals surface area (Å²) < 4.78 is 1.62. The highest BCUT2D eigenvalue weighted by molar-refractivity contribution is 5.74. The molecule has 1 atom stereocenters. The summed E-state index contributed by atoms with van der Waals surface area (Å²) in [5, 5.41) is 8.03. The Labute approximate surface area is 139 Å². The van der Waals surface area contributed by atoms with Gasteiger partial charge in [-0.15, -0.1) is 0 Å². The van der Waals surface area contributed by atoms with E-state index >= 15 is 0 Å². The van der Waals surface area contributed by atoms with Crippen molar-refractivity contribution in [2.75, 3.05) is 5.32 Å². The number of H-pyrrole nitrogens is 1. The molecule has 1 aliphatic rings. The van der Waals surface area contributed by atoms with Crippen LogP contribution in [0, 0.1) is 0 Å². The van der Waals surface area contributed by atoms with E-state index in [2.05, 4.69) is 58.5 Å². The molecular formula is C18H21N5O. The number of hydrogen-bond donors (Lipinski definition) is 2. The molecule has 0 unspecified atom stereocenters. The molecule has 6 heteroatoms. The first-order chi connectivity index (χ1) is 11.5. The molecule has 24 heavy (non-hydrogen) atoms. The van der Waals surface area contributed by atoms with Crippen LogP contribution in [0.1, 0.15) is 43.9 Å². The fourth-order valence-corrected chi connectivity index (χ4v) is 3.63. The fraction of sp³-hybridized carbons (Fsp3) is 0.389. The Morgan fingerprint density at radius 2 is 2.12 bits per heavy atom. The molecule has 2 aromatic heterocycles. The molecule has 1 aliphatic carbocycles. The van der Waals surface area contributed by atoms with Gasteiger partial charge in [0.05, 0.1) is 12.2 Å². The van der Waals surface area contributed by atoms with E-state index in [9.17, 15) is 4.79 Å². The Balaban J connectivity index is 1.74. The number of hydrogen-bond acceptors (Lipinski definition) is 4. The topological polar surface area (TPSA) is 75.6 Å². The molecule has 0 saturated carbocycles. The molecule has 0 spiro atoms. The first-order valence-electron chi connectivity index (χ1n) is 8.24. The van der Waals surface area contributed by atoms with E-state index in [4.69, 9.17) is 0 Å². The molecule has 0 fully saturated rings. The molecule has 2 heterocycles. The van der Waals surface area contributed by atoms with Gasteiger partial charge in [0, 0.05) is 7.05 Å². The SMILES string of the molecule is Cn1ncc2c(=O)[nH]c(N[C@@H]3CCC(C)(C)c4ccccc43)nc21. The Kier molecular flexibility index (Phi) is 3.23. The van der Waals surface area contributed by atoms with Crippen molar-refractivity contribution in [2.24, 2.45) is 7.05 Å². The maximum atomic E-state index is 12.2. The van der Waals surface area contributed by atoms with Crippen molar-refractivity contribution >= 4 is 17.0 Å². The lowest BCUT2D eigenvalue weighted by atomic mass is 9.71. The summed E-state index contributed by atoms with van der Waals surface area (Å²) in [7, 11) is 1.79.